The van der Waals surface area contributed by atoms with Crippen molar-refractivity contribution in [3.63, 3.8) is 0 Å². The van der Waals surface area contributed by atoms with Gasteiger partial charge in [0.05, 0.1) is 4.90 Å². The summed E-state index contributed by atoms with van der Waals surface area (Å²) < 4.78 is 26.6. The summed E-state index contributed by atoms with van der Waals surface area (Å²) in [6, 6.07) is 7.36. The van der Waals surface area contributed by atoms with Crippen LogP contribution >= 0.6 is 0 Å². The van der Waals surface area contributed by atoms with Gasteiger partial charge in [0.25, 0.3) is 0 Å². The fourth-order valence-electron chi connectivity index (χ4n) is 2.49. The van der Waals surface area contributed by atoms with E-state index in [1.807, 2.05) is 12.1 Å². The van der Waals surface area contributed by atoms with Crippen molar-refractivity contribution in [1.82, 2.24) is 4.31 Å². The van der Waals surface area contributed by atoms with Crippen molar-refractivity contribution in [3.05, 3.63) is 29.8 Å². The highest BCUT2D eigenvalue weighted by molar-refractivity contribution is 7.89. The fraction of sp³-hybridized carbons (Fsp3) is 0.600. The molecule has 0 atom stereocenters. The zero-order valence-corrected chi connectivity index (χ0v) is 12.6. The van der Waals surface area contributed by atoms with Crippen molar-refractivity contribution in [2.75, 3.05) is 13.1 Å². The van der Waals surface area contributed by atoms with E-state index in [1.165, 1.54) is 5.56 Å². The normalized spacial score (nSPS) is 18.6. The molecule has 3 nitrogen and oxygen atoms in total. The van der Waals surface area contributed by atoms with Gasteiger partial charge in [-0.25, -0.2) is 8.42 Å². The highest BCUT2D eigenvalue weighted by Gasteiger charge is 2.27. The van der Waals surface area contributed by atoms with Crippen LogP contribution in [0.1, 0.15) is 38.7 Å². The van der Waals surface area contributed by atoms with Crippen LogP contribution in [0.15, 0.2) is 29.2 Å². The highest BCUT2D eigenvalue weighted by Crippen LogP contribution is 2.23. The van der Waals surface area contributed by atoms with E-state index in [0.29, 0.717) is 23.9 Å². The first-order valence-corrected chi connectivity index (χ1v) is 8.57. The molecule has 1 aliphatic rings. The molecular formula is C15H23NO2S. The van der Waals surface area contributed by atoms with E-state index >= 15 is 0 Å². The van der Waals surface area contributed by atoms with Gasteiger partial charge in [-0.3, -0.25) is 0 Å². The summed E-state index contributed by atoms with van der Waals surface area (Å²) in [7, 11) is -3.28. The van der Waals surface area contributed by atoms with Crippen molar-refractivity contribution in [1.29, 1.82) is 0 Å². The Hall–Kier alpha value is -0.870. The molecule has 0 N–H and O–H groups in total. The Morgan fingerprint density at radius 2 is 1.74 bits per heavy atom. The molecule has 0 amide bonds. The van der Waals surface area contributed by atoms with Crippen molar-refractivity contribution < 1.29 is 8.42 Å². The van der Waals surface area contributed by atoms with Gasteiger partial charge in [-0.15, -0.1) is 0 Å². The maximum atomic E-state index is 12.5. The lowest BCUT2D eigenvalue weighted by Gasteiger charge is -2.29. The molecule has 4 heteroatoms. The molecule has 106 valence electrons. The third-order valence-corrected chi connectivity index (χ3v) is 5.76. The quantitative estimate of drug-likeness (QED) is 0.850. The number of hydrogen-bond donors (Lipinski definition) is 0. The molecule has 1 aliphatic heterocycles. The van der Waals surface area contributed by atoms with Crippen molar-refractivity contribution in [3.8, 4) is 0 Å². The Labute approximate surface area is 116 Å². The van der Waals surface area contributed by atoms with Crippen LogP contribution in [-0.2, 0) is 16.4 Å². The van der Waals surface area contributed by atoms with Gasteiger partial charge < -0.3 is 0 Å². The smallest absolute Gasteiger partial charge is 0.207 e. The molecule has 0 bridgehead atoms. The summed E-state index contributed by atoms with van der Waals surface area (Å²) in [5.74, 6) is 0.637. The second kappa shape index (κ2) is 6.06. The van der Waals surface area contributed by atoms with Crippen molar-refractivity contribution in [2.45, 2.75) is 44.4 Å². The van der Waals surface area contributed by atoms with Gasteiger partial charge in [0.15, 0.2) is 0 Å². The van der Waals surface area contributed by atoms with Crippen molar-refractivity contribution >= 4 is 10.0 Å². The number of aryl methyl sites for hydroxylation is 1. The molecule has 1 saturated heterocycles. The van der Waals surface area contributed by atoms with E-state index in [4.69, 9.17) is 0 Å². The van der Waals surface area contributed by atoms with Crippen LogP contribution in [0.3, 0.4) is 0 Å². The minimum absolute atomic E-state index is 0.432. The Morgan fingerprint density at radius 1 is 1.16 bits per heavy atom. The fourth-order valence-corrected chi connectivity index (χ4v) is 3.96. The minimum Gasteiger partial charge on any atom is -0.207 e. The number of piperidine rings is 1. The summed E-state index contributed by atoms with van der Waals surface area (Å²) in [6.45, 7) is 5.61. The summed E-state index contributed by atoms with van der Waals surface area (Å²) >= 11 is 0. The van der Waals surface area contributed by atoms with E-state index in [-0.39, 0.29) is 0 Å². The molecular weight excluding hydrogens is 258 g/mol. The molecule has 0 radical (unpaired) electrons. The number of sulfonamides is 1. The molecule has 1 aromatic rings. The van der Waals surface area contributed by atoms with Crippen LogP contribution in [-0.4, -0.2) is 25.8 Å². The monoisotopic (exact) mass is 281 g/mol. The summed E-state index contributed by atoms with van der Waals surface area (Å²) in [5.41, 5.74) is 1.20. The number of benzene rings is 1. The largest absolute Gasteiger partial charge is 0.243 e. The molecule has 19 heavy (non-hydrogen) atoms. The minimum atomic E-state index is -3.28. The molecule has 0 unspecified atom stereocenters. The average molecular weight is 281 g/mol. The zero-order chi connectivity index (χ0) is 13.9. The van der Waals surface area contributed by atoms with Gasteiger partial charge in [0.2, 0.25) is 10.0 Å². The van der Waals surface area contributed by atoms with E-state index in [2.05, 4.69) is 13.8 Å². The Morgan fingerprint density at radius 3 is 2.26 bits per heavy atom. The zero-order valence-electron chi connectivity index (χ0n) is 11.8. The first-order chi connectivity index (χ1) is 9.04. The third kappa shape index (κ3) is 3.37. The van der Waals surface area contributed by atoms with E-state index in [1.54, 1.807) is 16.4 Å². The van der Waals surface area contributed by atoms with Crippen LogP contribution in [0.25, 0.3) is 0 Å². The van der Waals surface area contributed by atoms with Crippen molar-refractivity contribution in [2.24, 2.45) is 5.92 Å². The van der Waals surface area contributed by atoms with Gasteiger partial charge in [-0.05, 0) is 42.9 Å². The van der Waals surface area contributed by atoms with E-state index in [0.717, 1.165) is 25.7 Å². The van der Waals surface area contributed by atoms with Crippen LogP contribution in [0.2, 0.25) is 0 Å². The van der Waals surface area contributed by atoms with Crippen LogP contribution < -0.4 is 0 Å². The second-order valence-electron chi connectivity index (χ2n) is 5.48. The first kappa shape index (κ1) is 14.5. The lowest BCUT2D eigenvalue weighted by molar-refractivity contribution is 0.288. The number of hydrogen-bond acceptors (Lipinski definition) is 2. The maximum Gasteiger partial charge on any atom is 0.243 e. The van der Waals surface area contributed by atoms with Gasteiger partial charge in [0, 0.05) is 13.1 Å². The van der Waals surface area contributed by atoms with Crippen LogP contribution in [0.5, 0.6) is 0 Å². The molecule has 1 heterocycles. The predicted octanol–water partition coefficient (Wildman–Crippen LogP) is 3.06. The SMILES string of the molecule is CCCc1ccc(S(=O)(=O)N2CCC(C)CC2)cc1. The van der Waals surface area contributed by atoms with E-state index in [9.17, 15) is 8.42 Å². The third-order valence-electron chi connectivity index (χ3n) is 3.84. The van der Waals surface area contributed by atoms with E-state index < -0.39 is 10.0 Å². The molecule has 0 aromatic heterocycles. The maximum absolute atomic E-state index is 12.5. The lowest BCUT2D eigenvalue weighted by atomic mass is 10.0. The Kier molecular flexibility index (Phi) is 4.63. The number of nitrogens with zero attached hydrogens (tertiary/aromatic N) is 1. The van der Waals surface area contributed by atoms with Gasteiger partial charge >= 0.3 is 0 Å². The van der Waals surface area contributed by atoms with Gasteiger partial charge in [-0.1, -0.05) is 32.4 Å². The summed E-state index contributed by atoms with van der Waals surface area (Å²) in [5, 5.41) is 0. The standard InChI is InChI=1S/C15H23NO2S/c1-3-4-14-5-7-15(8-6-14)19(17,18)16-11-9-13(2)10-12-16/h5-8,13H,3-4,9-12H2,1-2H3. The first-order valence-electron chi connectivity index (χ1n) is 7.13. The summed E-state index contributed by atoms with van der Waals surface area (Å²) in [4.78, 5) is 0.432. The van der Waals surface area contributed by atoms with Gasteiger partial charge in [-0.2, -0.15) is 4.31 Å². The number of rotatable bonds is 4. The average Bonchev–Trinajstić information content (AvgIpc) is 2.40. The Bertz CT molecular complexity index is 499. The van der Waals surface area contributed by atoms with Crippen LogP contribution in [0, 0.1) is 5.92 Å². The second-order valence-corrected chi connectivity index (χ2v) is 7.42. The summed E-state index contributed by atoms with van der Waals surface area (Å²) in [6.07, 6.45) is 4.01. The molecule has 1 fully saturated rings. The molecule has 0 aliphatic carbocycles. The van der Waals surface area contributed by atoms with Gasteiger partial charge in [0.1, 0.15) is 0 Å². The lowest BCUT2D eigenvalue weighted by Crippen LogP contribution is -2.37. The van der Waals surface area contributed by atoms with Crippen LogP contribution in [0.4, 0.5) is 0 Å². The molecule has 1 aromatic carbocycles. The molecule has 0 saturated carbocycles. The highest BCUT2D eigenvalue weighted by atomic mass is 32.2. The predicted molar refractivity (Wildman–Crippen MR) is 77.6 cm³/mol. The Balaban J connectivity index is 2.15. The molecule has 0 spiro atoms. The molecule has 2 rings (SSSR count). The topological polar surface area (TPSA) is 37.4 Å².